The largest absolute Gasteiger partial charge is 0.463 e. The fourth-order valence-corrected chi connectivity index (χ4v) is 2.36. The average molecular weight is 404 g/mol. The fourth-order valence-electron chi connectivity index (χ4n) is 2.36. The Labute approximate surface area is 177 Å². The molecule has 4 heteroatoms. The second-order valence-electron chi connectivity index (χ2n) is 6.91. The number of allylic oxidation sites excluding steroid dienone is 10. The Morgan fingerprint density at radius 1 is 0.828 bits per heavy atom. The van der Waals surface area contributed by atoms with Gasteiger partial charge in [-0.3, -0.25) is 4.79 Å². The molecule has 0 bridgehead atoms. The first kappa shape index (κ1) is 27.1. The van der Waals surface area contributed by atoms with Crippen LogP contribution in [0.3, 0.4) is 0 Å². The molecular weight excluding hydrogens is 362 g/mol. The molecule has 0 spiro atoms. The molecule has 29 heavy (non-hydrogen) atoms. The highest BCUT2D eigenvalue weighted by Crippen LogP contribution is 2.01. The smallest absolute Gasteiger partial charge is 0.306 e. The summed E-state index contributed by atoms with van der Waals surface area (Å²) in [6, 6.07) is 0. The van der Waals surface area contributed by atoms with E-state index in [9.17, 15) is 9.90 Å². The van der Waals surface area contributed by atoms with Crippen LogP contribution in [0.4, 0.5) is 0 Å². The van der Waals surface area contributed by atoms with Crippen LogP contribution in [0.2, 0.25) is 0 Å². The second-order valence-corrected chi connectivity index (χ2v) is 6.91. The van der Waals surface area contributed by atoms with E-state index >= 15 is 0 Å². The van der Waals surface area contributed by atoms with Gasteiger partial charge in [-0.25, -0.2) is 0 Å². The zero-order valence-electron chi connectivity index (χ0n) is 18.2. The Hall–Kier alpha value is -1.91. The molecule has 0 fully saturated rings. The molecule has 0 rings (SSSR count). The fraction of sp³-hybridized carbons (Fsp3) is 0.560. The lowest BCUT2D eigenvalue weighted by molar-refractivity contribution is -0.146. The third-order valence-electron chi connectivity index (χ3n) is 4.12. The van der Waals surface area contributed by atoms with Crippen molar-refractivity contribution in [3.8, 4) is 0 Å². The van der Waals surface area contributed by atoms with Crippen molar-refractivity contribution in [2.45, 2.75) is 77.2 Å². The van der Waals surface area contributed by atoms with E-state index in [0.717, 1.165) is 25.7 Å². The number of nitrogens with two attached hydrogens (primary N) is 1. The van der Waals surface area contributed by atoms with Crippen LogP contribution in [0.1, 0.15) is 71.1 Å². The number of rotatable bonds is 18. The first-order chi connectivity index (χ1) is 14.2. The summed E-state index contributed by atoms with van der Waals surface area (Å²) in [5.74, 6) is -0.306. The van der Waals surface area contributed by atoms with Gasteiger partial charge in [-0.15, -0.1) is 0 Å². The number of ether oxygens (including phenoxy) is 1. The predicted molar refractivity (Wildman–Crippen MR) is 124 cm³/mol. The van der Waals surface area contributed by atoms with Crippen molar-refractivity contribution in [1.82, 2.24) is 0 Å². The molecule has 0 heterocycles. The van der Waals surface area contributed by atoms with E-state index in [2.05, 4.69) is 55.5 Å². The molecule has 0 amide bonds. The molecule has 164 valence electrons. The van der Waals surface area contributed by atoms with Gasteiger partial charge in [0.1, 0.15) is 12.7 Å². The quantitative estimate of drug-likeness (QED) is 0.179. The first-order valence-corrected chi connectivity index (χ1v) is 11.0. The first-order valence-electron chi connectivity index (χ1n) is 11.0. The van der Waals surface area contributed by atoms with Crippen LogP contribution in [0.15, 0.2) is 60.8 Å². The van der Waals surface area contributed by atoms with Crippen molar-refractivity contribution in [3.63, 3.8) is 0 Å². The maximum atomic E-state index is 11.4. The highest BCUT2D eigenvalue weighted by molar-refractivity contribution is 5.69. The summed E-state index contributed by atoms with van der Waals surface area (Å²) in [6.07, 6.45) is 30.7. The minimum absolute atomic E-state index is 0.0265. The minimum atomic E-state index is -0.771. The Kier molecular flexibility index (Phi) is 20.9. The molecule has 0 aliphatic rings. The van der Waals surface area contributed by atoms with Crippen LogP contribution < -0.4 is 5.73 Å². The highest BCUT2D eigenvalue weighted by atomic mass is 16.5. The third kappa shape index (κ3) is 22.2. The van der Waals surface area contributed by atoms with Gasteiger partial charge in [0.25, 0.3) is 0 Å². The van der Waals surface area contributed by atoms with E-state index in [4.69, 9.17) is 10.5 Å². The van der Waals surface area contributed by atoms with Crippen molar-refractivity contribution in [1.29, 1.82) is 0 Å². The molecule has 1 atom stereocenters. The number of unbranched alkanes of at least 4 members (excludes halogenated alkanes) is 3. The minimum Gasteiger partial charge on any atom is -0.463 e. The topological polar surface area (TPSA) is 72.5 Å². The molecule has 0 aromatic rings. The van der Waals surface area contributed by atoms with Gasteiger partial charge in [0.05, 0.1) is 0 Å². The van der Waals surface area contributed by atoms with Crippen LogP contribution >= 0.6 is 0 Å². The van der Waals surface area contributed by atoms with Crippen LogP contribution in [0.25, 0.3) is 0 Å². The Bertz CT molecular complexity index is 518. The second kappa shape index (κ2) is 22.4. The zero-order chi connectivity index (χ0) is 21.4. The summed E-state index contributed by atoms with van der Waals surface area (Å²) in [7, 11) is 0. The van der Waals surface area contributed by atoms with Gasteiger partial charge >= 0.3 is 5.97 Å². The van der Waals surface area contributed by atoms with E-state index < -0.39 is 6.10 Å². The van der Waals surface area contributed by atoms with Crippen molar-refractivity contribution in [2.24, 2.45) is 5.73 Å². The summed E-state index contributed by atoms with van der Waals surface area (Å²) >= 11 is 0. The number of carbonyl (C=O) groups excluding carboxylic acids is 1. The Morgan fingerprint density at radius 2 is 1.31 bits per heavy atom. The van der Waals surface area contributed by atoms with Gasteiger partial charge in [0, 0.05) is 13.0 Å². The molecule has 0 saturated carbocycles. The summed E-state index contributed by atoms with van der Waals surface area (Å²) in [5, 5.41) is 9.21. The number of aliphatic hydroxyl groups excluding tert-OH is 1. The van der Waals surface area contributed by atoms with Gasteiger partial charge in [0.2, 0.25) is 0 Å². The van der Waals surface area contributed by atoms with Gasteiger partial charge < -0.3 is 15.6 Å². The Balaban J connectivity index is 3.55. The van der Waals surface area contributed by atoms with Crippen molar-refractivity contribution in [3.05, 3.63) is 60.8 Å². The molecule has 0 radical (unpaired) electrons. The van der Waals surface area contributed by atoms with Crippen molar-refractivity contribution in [2.75, 3.05) is 13.2 Å². The van der Waals surface area contributed by atoms with Crippen LogP contribution in [0, 0.1) is 0 Å². The van der Waals surface area contributed by atoms with Crippen LogP contribution in [0.5, 0.6) is 0 Å². The average Bonchev–Trinajstić information content (AvgIpc) is 2.73. The van der Waals surface area contributed by atoms with Gasteiger partial charge in [0.15, 0.2) is 0 Å². The van der Waals surface area contributed by atoms with Crippen LogP contribution in [-0.2, 0) is 9.53 Å². The monoisotopic (exact) mass is 403 g/mol. The predicted octanol–water partition coefficient (Wildman–Crippen LogP) is 5.55. The number of esters is 1. The summed E-state index contributed by atoms with van der Waals surface area (Å²) in [5.41, 5.74) is 5.24. The molecule has 0 saturated heterocycles. The zero-order valence-corrected chi connectivity index (χ0v) is 18.2. The maximum absolute atomic E-state index is 11.4. The van der Waals surface area contributed by atoms with Gasteiger partial charge in [-0.1, -0.05) is 80.5 Å². The van der Waals surface area contributed by atoms with Gasteiger partial charge in [-0.2, -0.15) is 0 Å². The summed E-state index contributed by atoms with van der Waals surface area (Å²) < 4.78 is 4.90. The van der Waals surface area contributed by atoms with E-state index in [0.29, 0.717) is 12.8 Å². The number of aliphatic hydroxyl groups is 1. The van der Waals surface area contributed by atoms with E-state index in [-0.39, 0.29) is 19.1 Å². The highest BCUT2D eigenvalue weighted by Gasteiger charge is 2.05. The number of hydrogen-bond donors (Lipinski definition) is 2. The lowest BCUT2D eigenvalue weighted by Crippen LogP contribution is -2.26. The normalized spacial score (nSPS) is 13.6. The molecule has 0 aliphatic heterocycles. The van der Waals surface area contributed by atoms with Crippen molar-refractivity contribution < 1.29 is 14.6 Å². The summed E-state index contributed by atoms with van der Waals surface area (Å²) in [6.45, 7) is 2.31. The Morgan fingerprint density at radius 3 is 1.79 bits per heavy atom. The number of carbonyl (C=O) groups is 1. The van der Waals surface area contributed by atoms with Crippen LogP contribution in [-0.4, -0.2) is 30.3 Å². The lowest BCUT2D eigenvalue weighted by atomic mass is 10.2. The molecule has 1 unspecified atom stereocenters. The molecule has 0 aromatic heterocycles. The van der Waals surface area contributed by atoms with E-state index in [1.807, 2.05) is 12.2 Å². The third-order valence-corrected chi connectivity index (χ3v) is 4.12. The SMILES string of the molecule is CCCCC/C=C\C/C=C\C/C=C\C/C=C\C/C=C\CCC(=O)OCC(O)CN. The molecule has 0 aromatic carbocycles. The van der Waals surface area contributed by atoms with E-state index in [1.54, 1.807) is 0 Å². The molecule has 3 N–H and O–H groups in total. The molecule has 4 nitrogen and oxygen atoms in total. The summed E-state index contributed by atoms with van der Waals surface area (Å²) in [4.78, 5) is 11.4. The number of hydrogen-bond acceptors (Lipinski definition) is 4. The molecular formula is C25H41NO3. The maximum Gasteiger partial charge on any atom is 0.306 e. The standard InChI is InChI=1S/C25H41NO3/c1-2-3-4-5-6-7-8-9-10-11-12-13-14-15-16-17-18-19-20-21-25(28)29-23-24(27)22-26/h6-7,9-10,12-13,15-16,18-19,24,27H,2-5,8,11,14,17,20-23,26H2,1H3/b7-6-,10-9-,13-12-,16-15-,19-18-. The van der Waals surface area contributed by atoms with Crippen molar-refractivity contribution >= 4 is 5.97 Å². The van der Waals surface area contributed by atoms with E-state index in [1.165, 1.54) is 25.7 Å². The molecule has 0 aliphatic carbocycles. The van der Waals surface area contributed by atoms with Gasteiger partial charge in [-0.05, 0) is 44.9 Å². The lowest BCUT2D eigenvalue weighted by Gasteiger charge is -2.07.